The van der Waals surface area contributed by atoms with Gasteiger partial charge in [-0.1, -0.05) is 52.4 Å². The Morgan fingerprint density at radius 3 is 2.68 bits per heavy atom. The molecule has 2 aromatic carbocycles. The van der Waals surface area contributed by atoms with Gasteiger partial charge >= 0.3 is 0 Å². The molecular formula is C15H15BrN2S. The number of thiocarbonyl (C=S) groups is 1. The summed E-state index contributed by atoms with van der Waals surface area (Å²) in [6.07, 6.45) is 0. The lowest BCUT2D eigenvalue weighted by Gasteiger charge is -2.13. The highest BCUT2D eigenvalue weighted by molar-refractivity contribution is 9.10. The summed E-state index contributed by atoms with van der Waals surface area (Å²) < 4.78 is 1.09. The summed E-state index contributed by atoms with van der Waals surface area (Å²) in [5.41, 5.74) is 9.97. The molecule has 0 aromatic heterocycles. The van der Waals surface area contributed by atoms with Crippen molar-refractivity contribution < 1.29 is 0 Å². The van der Waals surface area contributed by atoms with E-state index in [-0.39, 0.29) is 0 Å². The highest BCUT2D eigenvalue weighted by Gasteiger charge is 2.06. The summed E-state index contributed by atoms with van der Waals surface area (Å²) in [6.45, 7) is 2.77. The van der Waals surface area contributed by atoms with Crippen molar-refractivity contribution in [3.05, 3.63) is 63.6 Å². The summed E-state index contributed by atoms with van der Waals surface area (Å²) in [5, 5.41) is 3.40. The minimum absolute atomic E-state index is 0.412. The van der Waals surface area contributed by atoms with Crippen molar-refractivity contribution in [2.75, 3.05) is 5.32 Å². The van der Waals surface area contributed by atoms with Gasteiger partial charge in [0, 0.05) is 22.3 Å². The van der Waals surface area contributed by atoms with Crippen molar-refractivity contribution in [1.29, 1.82) is 0 Å². The molecule has 2 aromatic rings. The zero-order chi connectivity index (χ0) is 13.8. The number of benzene rings is 2. The highest BCUT2D eigenvalue weighted by atomic mass is 79.9. The number of hydrogen-bond donors (Lipinski definition) is 2. The molecule has 0 aliphatic heterocycles. The minimum atomic E-state index is 0.412. The van der Waals surface area contributed by atoms with Crippen LogP contribution in [-0.4, -0.2) is 4.99 Å². The summed E-state index contributed by atoms with van der Waals surface area (Å²) in [4.78, 5) is 0.412. The number of nitrogens with one attached hydrogen (secondary N) is 1. The van der Waals surface area contributed by atoms with Crippen LogP contribution in [0.5, 0.6) is 0 Å². The van der Waals surface area contributed by atoms with Crippen LogP contribution < -0.4 is 11.1 Å². The van der Waals surface area contributed by atoms with Gasteiger partial charge < -0.3 is 11.1 Å². The summed E-state index contributed by atoms with van der Waals surface area (Å²) in [7, 11) is 0. The predicted molar refractivity (Wildman–Crippen MR) is 88.5 cm³/mol. The van der Waals surface area contributed by atoms with E-state index in [9.17, 15) is 0 Å². The first-order valence-electron chi connectivity index (χ1n) is 5.95. The fourth-order valence-electron chi connectivity index (χ4n) is 1.85. The predicted octanol–water partition coefficient (Wildman–Crippen LogP) is 4.00. The van der Waals surface area contributed by atoms with Crippen LogP contribution in [0, 0.1) is 6.92 Å². The lowest BCUT2D eigenvalue weighted by atomic mass is 10.1. The Kier molecular flexibility index (Phi) is 4.56. The molecule has 0 amide bonds. The molecule has 0 atom stereocenters. The van der Waals surface area contributed by atoms with Gasteiger partial charge in [-0.05, 0) is 36.2 Å². The first-order valence-corrected chi connectivity index (χ1v) is 7.16. The van der Waals surface area contributed by atoms with Gasteiger partial charge in [0.1, 0.15) is 4.99 Å². The number of aryl methyl sites for hydroxylation is 1. The van der Waals surface area contributed by atoms with E-state index in [0.29, 0.717) is 4.99 Å². The van der Waals surface area contributed by atoms with Crippen LogP contribution in [0.1, 0.15) is 16.7 Å². The molecule has 4 heteroatoms. The molecule has 2 nitrogen and oxygen atoms in total. The van der Waals surface area contributed by atoms with Crippen LogP contribution in [0.15, 0.2) is 46.9 Å². The van der Waals surface area contributed by atoms with Gasteiger partial charge in [-0.2, -0.15) is 0 Å². The first kappa shape index (κ1) is 14.0. The Hall–Kier alpha value is -1.39. The van der Waals surface area contributed by atoms with Gasteiger partial charge in [0.05, 0.1) is 0 Å². The van der Waals surface area contributed by atoms with Crippen LogP contribution in [0.3, 0.4) is 0 Å². The fourth-order valence-corrected chi connectivity index (χ4v) is 2.45. The van der Waals surface area contributed by atoms with Crippen molar-refractivity contribution >= 4 is 38.8 Å². The van der Waals surface area contributed by atoms with Gasteiger partial charge in [-0.15, -0.1) is 0 Å². The Bertz CT molecular complexity index is 611. The standard InChI is InChI=1S/C15H15BrN2S/c1-10-6-7-12(15(17)19)14(8-10)18-9-11-4-2-3-5-13(11)16/h2-8,18H,9H2,1H3,(H2,17,19). The quantitative estimate of drug-likeness (QED) is 0.830. The lowest BCUT2D eigenvalue weighted by Crippen LogP contribution is -2.13. The molecule has 2 rings (SSSR count). The van der Waals surface area contributed by atoms with Crippen LogP contribution in [0.2, 0.25) is 0 Å². The maximum atomic E-state index is 5.75. The molecule has 0 aliphatic carbocycles. The molecule has 3 N–H and O–H groups in total. The average molecular weight is 335 g/mol. The SMILES string of the molecule is Cc1ccc(C(N)=S)c(NCc2ccccc2Br)c1. The van der Waals surface area contributed by atoms with E-state index in [0.717, 1.165) is 22.3 Å². The molecule has 0 radical (unpaired) electrons. The largest absolute Gasteiger partial charge is 0.389 e. The monoisotopic (exact) mass is 334 g/mol. The molecule has 0 aliphatic rings. The minimum Gasteiger partial charge on any atom is -0.389 e. The summed E-state index contributed by atoms with van der Waals surface area (Å²) in [5.74, 6) is 0. The van der Waals surface area contributed by atoms with Gasteiger partial charge in [0.15, 0.2) is 0 Å². The average Bonchev–Trinajstić information content (AvgIpc) is 2.37. The molecule has 0 fully saturated rings. The van der Waals surface area contributed by atoms with E-state index >= 15 is 0 Å². The van der Waals surface area contributed by atoms with Gasteiger partial charge in [0.25, 0.3) is 0 Å². The first-order chi connectivity index (χ1) is 9.08. The number of halogens is 1. The van der Waals surface area contributed by atoms with Gasteiger partial charge in [0.2, 0.25) is 0 Å². The van der Waals surface area contributed by atoms with E-state index in [1.54, 1.807) is 0 Å². The van der Waals surface area contributed by atoms with E-state index in [1.807, 2.05) is 37.3 Å². The lowest BCUT2D eigenvalue weighted by molar-refractivity contribution is 1.13. The highest BCUT2D eigenvalue weighted by Crippen LogP contribution is 2.21. The normalized spacial score (nSPS) is 10.2. The summed E-state index contributed by atoms with van der Waals surface area (Å²) >= 11 is 8.62. The van der Waals surface area contributed by atoms with Crippen molar-refractivity contribution in [2.24, 2.45) is 5.73 Å². The number of rotatable bonds is 4. The van der Waals surface area contributed by atoms with Crippen LogP contribution in [-0.2, 0) is 6.54 Å². The van der Waals surface area contributed by atoms with Crippen molar-refractivity contribution in [1.82, 2.24) is 0 Å². The zero-order valence-corrected chi connectivity index (χ0v) is 13.0. The second-order valence-electron chi connectivity index (χ2n) is 4.36. The van der Waals surface area contributed by atoms with Crippen LogP contribution in [0.25, 0.3) is 0 Å². The Morgan fingerprint density at radius 1 is 1.26 bits per heavy atom. The summed E-state index contributed by atoms with van der Waals surface area (Å²) in [6, 6.07) is 14.2. The van der Waals surface area contributed by atoms with E-state index in [2.05, 4.69) is 33.4 Å². The topological polar surface area (TPSA) is 38.0 Å². The Balaban J connectivity index is 2.22. The molecule has 0 saturated carbocycles. The maximum Gasteiger partial charge on any atom is 0.106 e. The van der Waals surface area contributed by atoms with E-state index < -0.39 is 0 Å². The molecule has 0 saturated heterocycles. The number of anilines is 1. The molecule has 0 bridgehead atoms. The van der Waals surface area contributed by atoms with E-state index in [1.165, 1.54) is 11.1 Å². The van der Waals surface area contributed by atoms with Crippen molar-refractivity contribution in [3.63, 3.8) is 0 Å². The number of nitrogens with two attached hydrogens (primary N) is 1. The van der Waals surface area contributed by atoms with Crippen molar-refractivity contribution in [3.8, 4) is 0 Å². The second-order valence-corrected chi connectivity index (χ2v) is 5.65. The zero-order valence-electron chi connectivity index (χ0n) is 10.6. The van der Waals surface area contributed by atoms with Crippen LogP contribution >= 0.6 is 28.1 Å². The van der Waals surface area contributed by atoms with Crippen molar-refractivity contribution in [2.45, 2.75) is 13.5 Å². The smallest absolute Gasteiger partial charge is 0.106 e. The Morgan fingerprint density at radius 2 is 2.00 bits per heavy atom. The molecule has 0 spiro atoms. The van der Waals surface area contributed by atoms with Gasteiger partial charge in [-0.25, -0.2) is 0 Å². The Labute approximate surface area is 127 Å². The molecule has 0 unspecified atom stereocenters. The number of hydrogen-bond acceptors (Lipinski definition) is 2. The third-order valence-electron chi connectivity index (χ3n) is 2.87. The molecule has 98 valence electrons. The third-order valence-corrected chi connectivity index (χ3v) is 3.86. The van der Waals surface area contributed by atoms with Crippen LogP contribution in [0.4, 0.5) is 5.69 Å². The van der Waals surface area contributed by atoms with E-state index in [4.69, 9.17) is 18.0 Å². The van der Waals surface area contributed by atoms with Gasteiger partial charge in [-0.3, -0.25) is 0 Å². The second kappa shape index (κ2) is 6.17. The molecular weight excluding hydrogens is 320 g/mol. The fraction of sp³-hybridized carbons (Fsp3) is 0.133. The molecule has 0 heterocycles. The molecule has 19 heavy (non-hydrogen) atoms. The third kappa shape index (κ3) is 3.55. The maximum absolute atomic E-state index is 5.75.